The molecule has 186 valence electrons. The van der Waals surface area contributed by atoms with Crippen molar-refractivity contribution in [3.05, 3.63) is 53.1 Å². The summed E-state index contributed by atoms with van der Waals surface area (Å²) in [6, 6.07) is 5.61. The summed E-state index contributed by atoms with van der Waals surface area (Å²) in [6.45, 7) is 7.45. The molecule has 4 N–H and O–H groups in total. The van der Waals surface area contributed by atoms with Crippen LogP contribution in [0.25, 0.3) is 5.57 Å². The molecule has 2 heterocycles. The molecule has 0 amide bonds. The number of nitrogens with two attached hydrogens (primary N) is 2. The van der Waals surface area contributed by atoms with E-state index in [0.717, 1.165) is 36.0 Å². The highest BCUT2D eigenvalue weighted by Crippen LogP contribution is 2.38. The Labute approximate surface area is 199 Å². The minimum absolute atomic E-state index is 0.281. The van der Waals surface area contributed by atoms with Gasteiger partial charge in [-0.3, -0.25) is 0 Å². The number of hydrogen-bond donors (Lipinski definition) is 2. The van der Waals surface area contributed by atoms with Crippen LogP contribution < -0.4 is 20.9 Å². The van der Waals surface area contributed by atoms with Gasteiger partial charge in [-0.1, -0.05) is 6.08 Å². The van der Waals surface area contributed by atoms with Crippen LogP contribution >= 0.6 is 0 Å². The third-order valence-corrected chi connectivity index (χ3v) is 5.74. The Kier molecular flexibility index (Phi) is 9.53. The van der Waals surface area contributed by atoms with Gasteiger partial charge in [0.2, 0.25) is 0 Å². The van der Waals surface area contributed by atoms with Gasteiger partial charge in [0.15, 0.2) is 0 Å². The lowest BCUT2D eigenvalue weighted by molar-refractivity contribution is 0.0846. The van der Waals surface area contributed by atoms with Crippen LogP contribution in [-0.2, 0) is 9.47 Å². The minimum atomic E-state index is -0.339. The maximum atomic E-state index is 13.4. The van der Waals surface area contributed by atoms with E-state index in [-0.39, 0.29) is 17.6 Å². The van der Waals surface area contributed by atoms with Crippen molar-refractivity contribution >= 4 is 16.9 Å². The summed E-state index contributed by atoms with van der Waals surface area (Å²) < 4.78 is 48.4. The van der Waals surface area contributed by atoms with Gasteiger partial charge < -0.3 is 30.4 Å². The van der Waals surface area contributed by atoms with Crippen LogP contribution in [0.1, 0.15) is 50.2 Å². The molecule has 0 bridgehead atoms. The molecule has 0 saturated carbocycles. The minimum Gasteiger partial charge on any atom is -0.491 e. The molecule has 0 aliphatic carbocycles. The van der Waals surface area contributed by atoms with E-state index >= 15 is 0 Å². The Bertz CT molecular complexity index is 991. The van der Waals surface area contributed by atoms with Crippen molar-refractivity contribution in [2.75, 3.05) is 51.1 Å². The van der Waals surface area contributed by atoms with Crippen LogP contribution in [0.5, 0.6) is 11.5 Å². The van der Waals surface area contributed by atoms with Crippen LogP contribution in [-0.4, -0.2) is 39.6 Å². The zero-order valence-electron chi connectivity index (χ0n) is 19.9. The number of hydrogen-bond acceptors (Lipinski definition) is 6. The van der Waals surface area contributed by atoms with Gasteiger partial charge in [0.1, 0.15) is 23.1 Å². The van der Waals surface area contributed by atoms with E-state index in [1.165, 1.54) is 24.3 Å². The third-order valence-electron chi connectivity index (χ3n) is 5.74. The van der Waals surface area contributed by atoms with Crippen LogP contribution in [0.15, 0.2) is 30.3 Å². The predicted octanol–water partition coefficient (Wildman–Crippen LogP) is 5.31. The molecule has 8 heteroatoms. The molecule has 1 fully saturated rings. The zero-order valence-corrected chi connectivity index (χ0v) is 19.9. The van der Waals surface area contributed by atoms with Crippen molar-refractivity contribution < 1.29 is 27.7 Å². The van der Waals surface area contributed by atoms with E-state index in [2.05, 4.69) is 0 Å². The Hall–Kier alpha value is -2.84. The predicted molar refractivity (Wildman–Crippen MR) is 130 cm³/mol. The normalized spacial score (nSPS) is 16.3. The maximum Gasteiger partial charge on any atom is 0.149 e. The molecule has 0 aromatic heterocycles. The van der Waals surface area contributed by atoms with Gasteiger partial charge in [-0.05, 0) is 56.7 Å². The smallest absolute Gasteiger partial charge is 0.149 e. The number of halogens is 2. The highest BCUT2D eigenvalue weighted by molar-refractivity contribution is 5.76. The molecule has 2 aromatic carbocycles. The van der Waals surface area contributed by atoms with Crippen molar-refractivity contribution in [1.29, 1.82) is 0 Å². The molecular formula is C26H34F2N2O4. The van der Waals surface area contributed by atoms with Gasteiger partial charge in [0.05, 0.1) is 37.8 Å². The number of benzene rings is 2. The van der Waals surface area contributed by atoms with Gasteiger partial charge >= 0.3 is 0 Å². The van der Waals surface area contributed by atoms with Gasteiger partial charge in [-0.15, -0.1) is 0 Å². The van der Waals surface area contributed by atoms with Gasteiger partial charge in [-0.2, -0.15) is 0 Å². The highest BCUT2D eigenvalue weighted by atomic mass is 19.1. The fourth-order valence-corrected chi connectivity index (χ4v) is 4.19. The summed E-state index contributed by atoms with van der Waals surface area (Å²) in [6.07, 6.45) is 4.48. The zero-order chi connectivity index (χ0) is 24.5. The average Bonchev–Trinajstić information content (AvgIpc) is 2.84. The Morgan fingerprint density at radius 1 is 0.853 bits per heavy atom. The number of rotatable bonds is 6. The van der Waals surface area contributed by atoms with Gasteiger partial charge in [-0.25, -0.2) is 8.78 Å². The first-order valence-electron chi connectivity index (χ1n) is 11.7. The molecule has 1 saturated heterocycles. The molecule has 2 aromatic rings. The quantitative estimate of drug-likeness (QED) is 0.549. The van der Waals surface area contributed by atoms with E-state index in [9.17, 15) is 8.78 Å². The van der Waals surface area contributed by atoms with Crippen LogP contribution in [0.4, 0.5) is 20.2 Å². The summed E-state index contributed by atoms with van der Waals surface area (Å²) in [7, 11) is 0. The lowest BCUT2D eigenvalue weighted by Crippen LogP contribution is -2.16. The van der Waals surface area contributed by atoms with E-state index in [4.69, 9.17) is 30.4 Å². The third kappa shape index (κ3) is 6.61. The summed E-state index contributed by atoms with van der Waals surface area (Å²) in [5.41, 5.74) is 15.0. The molecule has 0 atom stereocenters. The Morgan fingerprint density at radius 3 is 2.09 bits per heavy atom. The van der Waals surface area contributed by atoms with E-state index in [1.807, 2.05) is 19.9 Å². The first-order chi connectivity index (χ1) is 16.4. The first-order valence-corrected chi connectivity index (χ1v) is 11.7. The van der Waals surface area contributed by atoms with E-state index < -0.39 is 0 Å². The number of nitrogen functional groups attached to an aromatic ring is 2. The second kappa shape index (κ2) is 12.6. The van der Waals surface area contributed by atoms with Crippen molar-refractivity contribution in [2.24, 2.45) is 0 Å². The fourth-order valence-electron chi connectivity index (χ4n) is 4.19. The standard InChI is InChI=1S/C13H18FNO2.C13H16FNO2/c2*1-2-17-13-11(7-10(14)8-12(13)15)9-3-5-16-6-4-9/h7-9H,2-6,15H2,1H3;3,7-8H,2,4-6,15H2,1H3. The highest BCUT2D eigenvalue weighted by Gasteiger charge is 2.22. The molecule has 6 nitrogen and oxygen atoms in total. The van der Waals surface area contributed by atoms with E-state index in [1.54, 1.807) is 0 Å². The van der Waals surface area contributed by atoms with Crippen molar-refractivity contribution in [3.63, 3.8) is 0 Å². The van der Waals surface area contributed by atoms with Crippen LogP contribution in [0.2, 0.25) is 0 Å². The Morgan fingerprint density at radius 2 is 1.47 bits per heavy atom. The SMILES string of the molecule is CCOc1c(N)cc(F)cc1C1=CCOCC1.CCOc1c(N)cc(F)cc1C1CCOCC1. The number of ether oxygens (including phenoxy) is 4. The summed E-state index contributed by atoms with van der Waals surface area (Å²) in [4.78, 5) is 0. The molecule has 2 aliphatic heterocycles. The van der Waals surface area contributed by atoms with E-state index in [0.29, 0.717) is 62.5 Å². The molecular weight excluding hydrogens is 442 g/mol. The fraction of sp³-hybridized carbons (Fsp3) is 0.462. The second-order valence-corrected chi connectivity index (χ2v) is 8.09. The first kappa shape index (κ1) is 25.8. The summed E-state index contributed by atoms with van der Waals surface area (Å²) in [5, 5.41) is 0. The van der Waals surface area contributed by atoms with Crippen molar-refractivity contribution in [1.82, 2.24) is 0 Å². The second-order valence-electron chi connectivity index (χ2n) is 8.09. The largest absolute Gasteiger partial charge is 0.491 e. The van der Waals surface area contributed by atoms with Gasteiger partial charge in [0.25, 0.3) is 0 Å². The van der Waals surface area contributed by atoms with Crippen LogP contribution in [0.3, 0.4) is 0 Å². The monoisotopic (exact) mass is 476 g/mol. The molecule has 0 unspecified atom stereocenters. The molecule has 2 aliphatic rings. The Balaban J connectivity index is 0.000000191. The van der Waals surface area contributed by atoms with Gasteiger partial charge in [0, 0.05) is 36.5 Å². The average molecular weight is 477 g/mol. The van der Waals surface area contributed by atoms with Crippen LogP contribution in [0, 0.1) is 11.6 Å². The number of anilines is 2. The van der Waals surface area contributed by atoms with Crippen molar-refractivity contribution in [2.45, 2.75) is 39.0 Å². The molecule has 4 rings (SSSR count). The lowest BCUT2D eigenvalue weighted by Gasteiger charge is -2.25. The summed E-state index contributed by atoms with van der Waals surface area (Å²) in [5.74, 6) is 0.854. The molecule has 0 radical (unpaired) electrons. The topological polar surface area (TPSA) is 89.0 Å². The van der Waals surface area contributed by atoms with Crippen molar-refractivity contribution in [3.8, 4) is 11.5 Å². The molecule has 34 heavy (non-hydrogen) atoms. The summed E-state index contributed by atoms with van der Waals surface area (Å²) >= 11 is 0. The molecule has 0 spiro atoms. The lowest BCUT2D eigenvalue weighted by atomic mass is 9.90. The maximum absolute atomic E-state index is 13.4.